The van der Waals surface area contributed by atoms with Gasteiger partial charge in [0.15, 0.2) is 0 Å². The van der Waals surface area contributed by atoms with E-state index in [1.807, 2.05) is 26.0 Å². The zero-order chi connectivity index (χ0) is 45.6. The van der Waals surface area contributed by atoms with Gasteiger partial charge in [0.2, 0.25) is 0 Å². The lowest BCUT2D eigenvalue weighted by molar-refractivity contribution is -0.136. The summed E-state index contributed by atoms with van der Waals surface area (Å²) in [6.45, 7) is 10.2. The number of aliphatic hydroxyl groups is 1. The molecule has 0 aliphatic carbocycles. The van der Waals surface area contributed by atoms with Crippen molar-refractivity contribution in [1.82, 2.24) is 31.6 Å². The Morgan fingerprint density at radius 3 is 1.62 bits per heavy atom. The zero-order valence-electron chi connectivity index (χ0n) is 35.0. The predicted molar refractivity (Wildman–Crippen MR) is 236 cm³/mol. The number of anilines is 1. The van der Waals surface area contributed by atoms with Gasteiger partial charge in [-0.05, 0) is 116 Å². The average molecular weight is 872 g/mol. The molecule has 3 atom stereocenters. The molecule has 1 saturated heterocycles. The molecule has 0 spiro atoms. The third kappa shape index (κ3) is 16.3. The third-order valence-corrected chi connectivity index (χ3v) is 8.99. The highest BCUT2D eigenvalue weighted by atomic mass is 35.5. The summed E-state index contributed by atoms with van der Waals surface area (Å²) in [5.74, 6) is 21.2. The van der Waals surface area contributed by atoms with Crippen molar-refractivity contribution < 1.29 is 39.1 Å². The number of ether oxygens (including phenoxy) is 1. The smallest absolute Gasteiger partial charge is 0.268 e. The largest absolute Gasteiger partial charge is 0.391 e. The highest BCUT2D eigenvalue weighted by molar-refractivity contribution is 6.29. The van der Waals surface area contributed by atoms with Gasteiger partial charge in [0.1, 0.15) is 23.1 Å². The van der Waals surface area contributed by atoms with Crippen molar-refractivity contribution in [2.75, 3.05) is 37.8 Å². The number of morpholine rings is 1. The Hall–Kier alpha value is -7.21. The summed E-state index contributed by atoms with van der Waals surface area (Å²) in [6, 6.07) is 18.4. The molecule has 63 heavy (non-hydrogen) atoms. The third-order valence-electron chi connectivity index (χ3n) is 8.77. The van der Waals surface area contributed by atoms with E-state index < -0.39 is 35.9 Å². The van der Waals surface area contributed by atoms with Crippen molar-refractivity contribution >= 4 is 41.0 Å². The van der Waals surface area contributed by atoms with Crippen LogP contribution in [0, 0.1) is 53.3 Å². The fraction of sp³-hybridized carbons (Fsp3) is 0.277. The normalized spacial score (nSPS) is 12.8. The molecule has 16 heteroatoms. The van der Waals surface area contributed by atoms with Crippen molar-refractivity contribution in [1.29, 1.82) is 0 Å². The second kappa shape index (κ2) is 25.5. The van der Waals surface area contributed by atoms with Gasteiger partial charge in [-0.15, -0.1) is 0 Å². The van der Waals surface area contributed by atoms with Crippen LogP contribution < -0.4 is 26.5 Å². The van der Waals surface area contributed by atoms with E-state index in [-0.39, 0.29) is 17.4 Å². The summed E-state index contributed by atoms with van der Waals surface area (Å²) in [5.41, 5.74) is 7.28. The Morgan fingerprint density at radius 1 is 0.714 bits per heavy atom. The van der Waals surface area contributed by atoms with Crippen molar-refractivity contribution in [3.8, 4) is 47.4 Å². The number of amides is 4. The molecule has 6 N–H and O–H groups in total. The van der Waals surface area contributed by atoms with Crippen molar-refractivity contribution in [2.45, 2.75) is 45.9 Å². The van der Waals surface area contributed by atoms with Gasteiger partial charge >= 0.3 is 0 Å². The summed E-state index contributed by atoms with van der Waals surface area (Å²) in [5, 5.41) is 23.8. The van der Waals surface area contributed by atoms with Crippen molar-refractivity contribution in [2.24, 2.45) is 5.92 Å². The monoisotopic (exact) mass is 871 g/mol. The fourth-order valence-electron chi connectivity index (χ4n) is 5.38. The molecule has 1 aliphatic rings. The highest BCUT2D eigenvalue weighted by Gasteiger charge is 2.26. The molecule has 2 aromatic carbocycles. The van der Waals surface area contributed by atoms with Crippen LogP contribution >= 0.6 is 11.6 Å². The van der Waals surface area contributed by atoms with E-state index in [2.05, 4.69) is 78.3 Å². The number of benzene rings is 2. The Morgan fingerprint density at radius 2 is 1.19 bits per heavy atom. The van der Waals surface area contributed by atoms with Crippen LogP contribution in [0.5, 0.6) is 0 Å². The van der Waals surface area contributed by atoms with Gasteiger partial charge in [-0.25, -0.2) is 20.9 Å². The summed E-state index contributed by atoms with van der Waals surface area (Å²) < 4.78 is 5.34. The number of pyridine rings is 2. The highest BCUT2D eigenvalue weighted by Crippen LogP contribution is 2.13. The van der Waals surface area contributed by atoms with Gasteiger partial charge in [0, 0.05) is 58.9 Å². The maximum absolute atomic E-state index is 12.5. The lowest BCUT2D eigenvalue weighted by Crippen LogP contribution is -2.51. The number of nitrogens with one attached hydrogen (secondary N) is 4. The number of aromatic nitrogens is 2. The Bertz CT molecular complexity index is 2430. The summed E-state index contributed by atoms with van der Waals surface area (Å²) in [4.78, 5) is 63.9. The van der Waals surface area contributed by atoms with Gasteiger partial charge in [-0.1, -0.05) is 49.1 Å². The molecule has 0 radical (unpaired) electrons. The maximum Gasteiger partial charge on any atom is 0.268 e. The molecule has 0 saturated carbocycles. The first-order valence-electron chi connectivity index (χ1n) is 19.7. The molecule has 1 aliphatic heterocycles. The van der Waals surface area contributed by atoms with Crippen LogP contribution in [0.4, 0.5) is 5.82 Å². The van der Waals surface area contributed by atoms with E-state index in [0.29, 0.717) is 47.2 Å². The SMILES string of the molecule is CCONC(=O)C(NC(=O)c1ccc(C#CC#Cc2ccc(Cl)nc2)cc1)C(C)C.C[C@@H](O)C(NC(=O)c1ccc(C#CC#Cc2ccc(N3CCOCC3)nc2)cc1)C(=O)NO. The number of nitrogens with zero attached hydrogens (tertiary/aromatic N) is 3. The first kappa shape index (κ1) is 48.5. The second-order valence-electron chi connectivity index (χ2n) is 13.8. The Kier molecular flexibility index (Phi) is 19.6. The Balaban J connectivity index is 0.000000278. The van der Waals surface area contributed by atoms with Crippen LogP contribution in [0.1, 0.15) is 70.7 Å². The van der Waals surface area contributed by atoms with E-state index in [1.54, 1.807) is 67.8 Å². The van der Waals surface area contributed by atoms with Crippen LogP contribution in [0.15, 0.2) is 85.2 Å². The number of halogens is 1. The maximum atomic E-state index is 12.5. The number of aliphatic hydroxyl groups excluding tert-OH is 1. The van der Waals surface area contributed by atoms with Gasteiger partial charge in [-0.3, -0.25) is 29.2 Å². The number of rotatable bonds is 11. The zero-order valence-corrected chi connectivity index (χ0v) is 35.7. The minimum atomic E-state index is -1.28. The van der Waals surface area contributed by atoms with Gasteiger partial charge < -0.3 is 25.4 Å². The molecular formula is C47H46ClN7O8. The average Bonchev–Trinajstić information content (AvgIpc) is 3.30. The number of hydrogen-bond donors (Lipinski definition) is 6. The first-order chi connectivity index (χ1) is 30.4. The molecule has 324 valence electrons. The van der Waals surface area contributed by atoms with E-state index >= 15 is 0 Å². The topological polar surface area (TPSA) is 204 Å². The first-order valence-corrected chi connectivity index (χ1v) is 20.1. The van der Waals surface area contributed by atoms with Crippen molar-refractivity contribution in [3.05, 3.63) is 124 Å². The molecule has 2 aromatic heterocycles. The number of carbonyl (C=O) groups excluding carboxylic acids is 4. The molecule has 4 amide bonds. The van der Waals surface area contributed by atoms with Crippen LogP contribution in [-0.4, -0.2) is 95.0 Å². The van der Waals surface area contributed by atoms with E-state index in [4.69, 9.17) is 26.4 Å². The number of hydroxylamine groups is 2. The van der Waals surface area contributed by atoms with Gasteiger partial charge in [0.25, 0.3) is 23.6 Å². The van der Waals surface area contributed by atoms with E-state index in [0.717, 1.165) is 24.5 Å². The van der Waals surface area contributed by atoms with Crippen LogP contribution in [-0.2, 0) is 19.2 Å². The summed E-state index contributed by atoms with van der Waals surface area (Å²) >= 11 is 5.73. The number of carbonyl (C=O) groups is 4. The second-order valence-corrected chi connectivity index (χ2v) is 14.2. The van der Waals surface area contributed by atoms with E-state index in [1.165, 1.54) is 24.5 Å². The molecule has 1 fully saturated rings. The minimum absolute atomic E-state index is 0.103. The lowest BCUT2D eigenvalue weighted by atomic mass is 10.0. The minimum Gasteiger partial charge on any atom is -0.391 e. The van der Waals surface area contributed by atoms with Crippen LogP contribution in [0.3, 0.4) is 0 Å². The molecule has 2 unspecified atom stereocenters. The van der Waals surface area contributed by atoms with Crippen LogP contribution in [0.25, 0.3) is 0 Å². The quantitative estimate of drug-likeness (QED) is 0.0559. The number of hydrogen-bond acceptors (Lipinski definition) is 11. The molecule has 15 nitrogen and oxygen atoms in total. The van der Waals surface area contributed by atoms with E-state index in [9.17, 15) is 24.3 Å². The van der Waals surface area contributed by atoms with Crippen molar-refractivity contribution in [3.63, 3.8) is 0 Å². The van der Waals surface area contributed by atoms with Gasteiger partial charge in [0.05, 0.1) is 25.9 Å². The summed E-state index contributed by atoms with van der Waals surface area (Å²) in [6.07, 6.45) is 2.10. The fourth-order valence-corrected chi connectivity index (χ4v) is 5.49. The Labute approximate surface area is 371 Å². The lowest BCUT2D eigenvalue weighted by Gasteiger charge is -2.27. The van der Waals surface area contributed by atoms with Crippen LogP contribution in [0.2, 0.25) is 5.15 Å². The molecule has 3 heterocycles. The predicted octanol–water partition coefficient (Wildman–Crippen LogP) is 3.27. The molecular weight excluding hydrogens is 826 g/mol. The molecule has 4 aromatic rings. The summed E-state index contributed by atoms with van der Waals surface area (Å²) in [7, 11) is 0. The van der Waals surface area contributed by atoms with Gasteiger partial charge in [-0.2, -0.15) is 0 Å². The molecule has 0 bridgehead atoms. The molecule has 5 rings (SSSR count). The standard InChI is InChI=1S/C24H24N4O5.C23H22ClN3O3/c1-17(29)22(24(31)27-32)26-23(30)20-9-6-18(7-10-20)4-2-3-5-19-8-11-21(25-16-19)28-12-14-33-15-13-28;1-4-30-27-23(29)21(16(2)3)26-22(28)19-12-9-17(10-13-19)7-5-6-8-18-11-14-20(24)25-15-18/h6-11,16-17,22,29,32H,12-15H2,1H3,(H,26,30)(H,27,31);9-16,21H,4H2,1-3H3,(H,26,28)(H,27,29)/t17-,22?;/m1./s1.